The highest BCUT2D eigenvalue weighted by Gasteiger charge is 2.18. The molecule has 0 aliphatic heterocycles. The molecule has 1 aromatic rings. The average molecular weight is 278 g/mol. The van der Waals surface area contributed by atoms with Crippen LogP contribution in [0, 0.1) is 0 Å². The molecule has 0 bridgehead atoms. The second-order valence-corrected chi connectivity index (χ2v) is 6.29. The summed E-state index contributed by atoms with van der Waals surface area (Å²) in [4.78, 5) is 11.8. The number of nitrogens with one attached hydrogen (secondary N) is 1. The summed E-state index contributed by atoms with van der Waals surface area (Å²) in [5.74, 6) is 0. The maximum Gasteiger partial charge on any atom is 0.408 e. The van der Waals surface area contributed by atoms with Gasteiger partial charge in [0.25, 0.3) is 0 Å². The van der Waals surface area contributed by atoms with Gasteiger partial charge in [-0.1, -0.05) is 24.3 Å². The molecule has 4 heteroatoms. The minimum Gasteiger partial charge on any atom is -0.444 e. The van der Waals surface area contributed by atoms with Gasteiger partial charge >= 0.3 is 6.09 Å². The maximum atomic E-state index is 11.8. The highest BCUT2D eigenvalue weighted by atomic mass is 16.6. The highest BCUT2D eigenvalue weighted by Crippen LogP contribution is 2.16. The number of amides is 1. The predicted molar refractivity (Wildman–Crippen MR) is 81.6 cm³/mol. The molecule has 0 heterocycles. The van der Waals surface area contributed by atoms with Crippen molar-refractivity contribution in [3.05, 3.63) is 35.4 Å². The van der Waals surface area contributed by atoms with E-state index in [1.54, 1.807) is 0 Å². The molecule has 0 unspecified atom stereocenters. The Bertz CT molecular complexity index is 450. The lowest BCUT2D eigenvalue weighted by Gasteiger charge is -2.22. The Kier molecular flexibility index (Phi) is 5.57. The second kappa shape index (κ2) is 6.75. The molecule has 0 fully saturated rings. The van der Waals surface area contributed by atoms with Gasteiger partial charge in [0.15, 0.2) is 0 Å². The maximum absolute atomic E-state index is 11.8. The first-order valence-electron chi connectivity index (χ1n) is 7.01. The molecular formula is C16H26N2O2. The van der Waals surface area contributed by atoms with Crippen molar-refractivity contribution < 1.29 is 9.53 Å². The first-order valence-corrected chi connectivity index (χ1v) is 7.01. The third-order valence-corrected chi connectivity index (χ3v) is 2.74. The summed E-state index contributed by atoms with van der Waals surface area (Å²) in [6, 6.07) is 8.13. The lowest BCUT2D eigenvalue weighted by molar-refractivity contribution is 0.0508. The molecule has 0 spiro atoms. The number of hydrogen-bond acceptors (Lipinski definition) is 3. The Morgan fingerprint density at radius 1 is 1.35 bits per heavy atom. The molecule has 0 saturated carbocycles. The summed E-state index contributed by atoms with van der Waals surface area (Å²) in [5.41, 5.74) is 7.55. The Balaban J connectivity index is 2.67. The number of hydrogen-bond donors (Lipinski definition) is 2. The fourth-order valence-electron chi connectivity index (χ4n) is 1.93. The number of rotatable bonds is 4. The van der Waals surface area contributed by atoms with Crippen molar-refractivity contribution in [1.82, 2.24) is 5.32 Å². The molecule has 0 saturated heterocycles. The quantitative estimate of drug-likeness (QED) is 0.889. The number of nitrogens with two attached hydrogens (primary N) is 1. The van der Waals surface area contributed by atoms with Gasteiger partial charge in [0.1, 0.15) is 5.60 Å². The first kappa shape index (κ1) is 16.5. The van der Waals surface area contributed by atoms with E-state index in [-0.39, 0.29) is 12.1 Å². The average Bonchev–Trinajstić information content (AvgIpc) is 2.25. The molecule has 4 nitrogen and oxygen atoms in total. The zero-order valence-corrected chi connectivity index (χ0v) is 13.1. The molecule has 1 aromatic carbocycles. The van der Waals surface area contributed by atoms with Gasteiger partial charge in [-0.3, -0.25) is 0 Å². The van der Waals surface area contributed by atoms with Gasteiger partial charge in [-0.05, 0) is 52.2 Å². The van der Waals surface area contributed by atoms with Crippen LogP contribution in [-0.4, -0.2) is 17.7 Å². The van der Waals surface area contributed by atoms with Crippen LogP contribution < -0.4 is 11.1 Å². The summed E-state index contributed by atoms with van der Waals surface area (Å²) in [5, 5.41) is 2.84. The Morgan fingerprint density at radius 2 is 2.00 bits per heavy atom. The van der Waals surface area contributed by atoms with Gasteiger partial charge in [0, 0.05) is 6.04 Å². The highest BCUT2D eigenvalue weighted by molar-refractivity contribution is 5.68. The summed E-state index contributed by atoms with van der Waals surface area (Å²) < 4.78 is 5.25. The van der Waals surface area contributed by atoms with Crippen molar-refractivity contribution in [2.75, 3.05) is 0 Å². The molecule has 1 rings (SSSR count). The lowest BCUT2D eigenvalue weighted by Crippen LogP contribution is -2.34. The van der Waals surface area contributed by atoms with Gasteiger partial charge < -0.3 is 15.8 Å². The van der Waals surface area contributed by atoms with E-state index in [2.05, 4.69) is 11.4 Å². The molecular weight excluding hydrogens is 252 g/mol. The third kappa shape index (κ3) is 6.06. The van der Waals surface area contributed by atoms with Gasteiger partial charge in [-0.2, -0.15) is 0 Å². The molecule has 20 heavy (non-hydrogen) atoms. The number of carbonyl (C=O) groups excluding carboxylic acids is 1. The fraction of sp³-hybridized carbons (Fsp3) is 0.562. The normalized spacial score (nSPS) is 14.5. The fourth-order valence-corrected chi connectivity index (χ4v) is 1.93. The van der Waals surface area contributed by atoms with Crippen LogP contribution in [-0.2, 0) is 11.2 Å². The Labute approximate surface area is 121 Å². The number of ether oxygens (including phenoxy) is 1. The molecule has 0 aliphatic rings. The van der Waals surface area contributed by atoms with Crippen LogP contribution >= 0.6 is 0 Å². The first-order chi connectivity index (χ1) is 9.17. The summed E-state index contributed by atoms with van der Waals surface area (Å²) in [6.45, 7) is 9.46. The van der Waals surface area contributed by atoms with E-state index in [4.69, 9.17) is 10.5 Å². The third-order valence-electron chi connectivity index (χ3n) is 2.74. The zero-order chi connectivity index (χ0) is 15.3. The summed E-state index contributed by atoms with van der Waals surface area (Å²) in [6.07, 6.45) is 0.426. The number of alkyl carbamates (subject to hydrolysis) is 1. The zero-order valence-electron chi connectivity index (χ0n) is 13.1. The summed E-state index contributed by atoms with van der Waals surface area (Å²) in [7, 11) is 0. The molecule has 3 N–H and O–H groups in total. The standard InChI is InChI=1S/C16H26N2O2/c1-11(17)9-13-7-6-8-14(10-13)12(2)18-15(19)20-16(3,4)5/h6-8,10-12H,9,17H2,1-5H3,(H,18,19)/t11-,12-/m0/s1. The van der Waals surface area contributed by atoms with Crippen LogP contribution in [0.25, 0.3) is 0 Å². The lowest BCUT2D eigenvalue weighted by atomic mass is 10.0. The van der Waals surface area contributed by atoms with E-state index in [1.807, 2.05) is 52.8 Å². The minimum atomic E-state index is -0.485. The Hall–Kier alpha value is -1.55. The van der Waals surface area contributed by atoms with Crippen molar-refractivity contribution in [2.24, 2.45) is 5.73 Å². The second-order valence-electron chi connectivity index (χ2n) is 6.29. The topological polar surface area (TPSA) is 64.3 Å². The van der Waals surface area contributed by atoms with Crippen LogP contribution in [0.3, 0.4) is 0 Å². The molecule has 0 aromatic heterocycles. The monoisotopic (exact) mass is 278 g/mol. The Morgan fingerprint density at radius 3 is 2.55 bits per heavy atom. The van der Waals surface area contributed by atoms with Crippen LogP contribution in [0.4, 0.5) is 4.79 Å². The van der Waals surface area contributed by atoms with Gasteiger partial charge in [-0.15, -0.1) is 0 Å². The van der Waals surface area contributed by atoms with Gasteiger partial charge in [0.05, 0.1) is 6.04 Å². The van der Waals surface area contributed by atoms with E-state index in [1.165, 1.54) is 5.56 Å². The predicted octanol–water partition coefficient (Wildman–Crippen LogP) is 3.16. The van der Waals surface area contributed by atoms with E-state index < -0.39 is 11.7 Å². The van der Waals surface area contributed by atoms with Crippen LogP contribution in [0.1, 0.15) is 51.8 Å². The van der Waals surface area contributed by atoms with E-state index in [0.717, 1.165) is 12.0 Å². The van der Waals surface area contributed by atoms with Crippen molar-refractivity contribution in [2.45, 2.75) is 58.7 Å². The molecule has 0 radical (unpaired) electrons. The molecule has 112 valence electrons. The number of carbonyl (C=O) groups is 1. The van der Waals surface area contributed by atoms with Crippen molar-refractivity contribution in [1.29, 1.82) is 0 Å². The van der Waals surface area contributed by atoms with Gasteiger partial charge in [-0.25, -0.2) is 4.79 Å². The van der Waals surface area contributed by atoms with Crippen LogP contribution in [0.5, 0.6) is 0 Å². The molecule has 0 aliphatic carbocycles. The van der Waals surface area contributed by atoms with Gasteiger partial charge in [0.2, 0.25) is 0 Å². The van der Waals surface area contributed by atoms with Crippen molar-refractivity contribution in [3.8, 4) is 0 Å². The SMILES string of the molecule is C[C@H](N)Cc1cccc([C@H](C)NC(=O)OC(C)(C)C)c1. The molecule has 2 atom stereocenters. The van der Waals surface area contributed by atoms with Crippen LogP contribution in [0.2, 0.25) is 0 Å². The van der Waals surface area contributed by atoms with Crippen LogP contribution in [0.15, 0.2) is 24.3 Å². The van der Waals surface area contributed by atoms with E-state index >= 15 is 0 Å². The minimum absolute atomic E-state index is 0.0992. The summed E-state index contributed by atoms with van der Waals surface area (Å²) >= 11 is 0. The smallest absolute Gasteiger partial charge is 0.408 e. The largest absolute Gasteiger partial charge is 0.444 e. The van der Waals surface area contributed by atoms with Crippen molar-refractivity contribution in [3.63, 3.8) is 0 Å². The number of benzene rings is 1. The molecule has 1 amide bonds. The van der Waals surface area contributed by atoms with E-state index in [9.17, 15) is 4.79 Å². The van der Waals surface area contributed by atoms with E-state index in [0.29, 0.717) is 0 Å². The van der Waals surface area contributed by atoms with Crippen molar-refractivity contribution >= 4 is 6.09 Å².